The first-order valence-electron chi connectivity index (χ1n) is 7.39. The fraction of sp³-hybridized carbons (Fsp3) is 0.471. The van der Waals surface area contributed by atoms with Gasteiger partial charge in [-0.3, -0.25) is 4.79 Å². The summed E-state index contributed by atoms with van der Waals surface area (Å²) in [6, 6.07) is 8.25. The zero-order valence-corrected chi connectivity index (χ0v) is 12.3. The number of rotatable bonds is 10. The second kappa shape index (κ2) is 10.2. The van der Waals surface area contributed by atoms with Crippen LogP contribution < -0.4 is 4.90 Å². The normalized spacial score (nSPS) is 10.9. The van der Waals surface area contributed by atoms with Gasteiger partial charge in [-0.2, -0.15) is 0 Å². The van der Waals surface area contributed by atoms with Gasteiger partial charge in [0.2, 0.25) is 0 Å². The van der Waals surface area contributed by atoms with Gasteiger partial charge in [0.15, 0.2) is 0 Å². The van der Waals surface area contributed by atoms with Crippen LogP contribution in [0.3, 0.4) is 0 Å². The largest absolute Gasteiger partial charge is 0.396 e. The van der Waals surface area contributed by atoms with Crippen molar-refractivity contribution >= 4 is 18.0 Å². The molecule has 0 amide bonds. The van der Waals surface area contributed by atoms with Crippen LogP contribution in [-0.4, -0.2) is 31.1 Å². The van der Waals surface area contributed by atoms with Crippen molar-refractivity contribution in [2.24, 2.45) is 0 Å². The molecular formula is C17H25NO2. The molecule has 0 aromatic heterocycles. The Hall–Kier alpha value is -1.61. The van der Waals surface area contributed by atoms with E-state index in [0.717, 1.165) is 37.8 Å². The van der Waals surface area contributed by atoms with Crippen LogP contribution in [0.25, 0.3) is 6.08 Å². The summed E-state index contributed by atoms with van der Waals surface area (Å²) in [4.78, 5) is 12.7. The van der Waals surface area contributed by atoms with Crippen LogP contribution in [0.15, 0.2) is 30.3 Å². The summed E-state index contributed by atoms with van der Waals surface area (Å²) < 4.78 is 0. The number of anilines is 1. The Bertz CT molecular complexity index is 398. The van der Waals surface area contributed by atoms with Crippen molar-refractivity contribution in [3.05, 3.63) is 35.9 Å². The number of unbranched alkanes of at least 4 members (excludes halogenated alkanes) is 2. The topological polar surface area (TPSA) is 40.5 Å². The fourth-order valence-corrected chi connectivity index (χ4v) is 2.08. The highest BCUT2D eigenvalue weighted by molar-refractivity contribution is 5.74. The maximum Gasteiger partial charge on any atom is 0.142 e. The molecule has 1 aromatic rings. The molecule has 20 heavy (non-hydrogen) atoms. The molecule has 0 spiro atoms. The average Bonchev–Trinajstić information content (AvgIpc) is 2.49. The Morgan fingerprint density at radius 2 is 1.80 bits per heavy atom. The number of carbonyl (C=O) groups is 1. The molecule has 0 fully saturated rings. The summed E-state index contributed by atoms with van der Waals surface area (Å²) in [7, 11) is 0. The Balaban J connectivity index is 2.67. The molecule has 0 saturated carbocycles. The zero-order chi connectivity index (χ0) is 14.6. The average molecular weight is 275 g/mol. The molecule has 110 valence electrons. The van der Waals surface area contributed by atoms with Crippen LogP contribution in [0.5, 0.6) is 0 Å². The summed E-state index contributed by atoms with van der Waals surface area (Å²) in [5.41, 5.74) is 2.24. The second-order valence-electron chi connectivity index (χ2n) is 4.86. The van der Waals surface area contributed by atoms with Crippen LogP contribution in [0, 0.1) is 0 Å². The third kappa shape index (κ3) is 6.02. The highest BCUT2D eigenvalue weighted by Gasteiger charge is 2.05. The van der Waals surface area contributed by atoms with E-state index in [1.165, 1.54) is 24.6 Å². The predicted molar refractivity (Wildman–Crippen MR) is 85.0 cm³/mol. The first kappa shape index (κ1) is 16.4. The molecule has 1 N–H and O–H groups in total. The van der Waals surface area contributed by atoms with Gasteiger partial charge in [-0.15, -0.1) is 0 Å². The van der Waals surface area contributed by atoms with Crippen LogP contribution in [0.1, 0.15) is 38.2 Å². The number of aliphatic hydroxyl groups is 1. The molecule has 0 aliphatic heterocycles. The van der Waals surface area contributed by atoms with Gasteiger partial charge in [0.05, 0.1) is 0 Å². The van der Waals surface area contributed by atoms with Crippen LogP contribution >= 0.6 is 0 Å². The van der Waals surface area contributed by atoms with Gasteiger partial charge in [-0.05, 0) is 43.0 Å². The molecule has 0 unspecified atom stereocenters. The summed E-state index contributed by atoms with van der Waals surface area (Å²) >= 11 is 0. The van der Waals surface area contributed by atoms with E-state index in [4.69, 9.17) is 5.11 Å². The Kier molecular flexibility index (Phi) is 8.40. The first-order valence-corrected chi connectivity index (χ1v) is 7.39. The van der Waals surface area contributed by atoms with E-state index in [0.29, 0.717) is 0 Å². The van der Waals surface area contributed by atoms with Crippen molar-refractivity contribution in [2.45, 2.75) is 32.6 Å². The molecule has 3 nitrogen and oxygen atoms in total. The number of benzene rings is 1. The minimum Gasteiger partial charge on any atom is -0.396 e. The summed E-state index contributed by atoms with van der Waals surface area (Å²) in [5.74, 6) is 0. The van der Waals surface area contributed by atoms with Crippen LogP contribution in [-0.2, 0) is 4.79 Å². The number of hydrogen-bond acceptors (Lipinski definition) is 3. The Morgan fingerprint density at radius 1 is 1.10 bits per heavy atom. The van der Waals surface area contributed by atoms with E-state index >= 15 is 0 Å². The van der Waals surface area contributed by atoms with Crippen molar-refractivity contribution in [2.75, 3.05) is 24.6 Å². The Morgan fingerprint density at radius 3 is 2.40 bits per heavy atom. The lowest BCUT2D eigenvalue weighted by Crippen LogP contribution is -2.25. The maximum absolute atomic E-state index is 10.3. The Labute approximate surface area is 121 Å². The van der Waals surface area contributed by atoms with E-state index in [2.05, 4.69) is 24.0 Å². The molecule has 0 aliphatic rings. The summed E-state index contributed by atoms with van der Waals surface area (Å²) in [5, 5.41) is 8.89. The lowest BCUT2D eigenvalue weighted by molar-refractivity contribution is -0.104. The third-order valence-electron chi connectivity index (χ3n) is 3.24. The number of aliphatic hydroxyl groups excluding tert-OH is 1. The molecule has 1 rings (SSSR count). The second-order valence-corrected chi connectivity index (χ2v) is 4.86. The van der Waals surface area contributed by atoms with Crippen LogP contribution in [0.2, 0.25) is 0 Å². The summed E-state index contributed by atoms with van der Waals surface area (Å²) in [6.07, 6.45) is 8.30. The van der Waals surface area contributed by atoms with Crippen molar-refractivity contribution < 1.29 is 9.90 Å². The van der Waals surface area contributed by atoms with Gasteiger partial charge in [0, 0.05) is 25.4 Å². The number of carbonyl (C=O) groups excluding carboxylic acids is 1. The SMILES string of the molecule is CCCCN(CCCCO)c1ccc(C=CC=O)cc1. The molecule has 1 aromatic carbocycles. The maximum atomic E-state index is 10.3. The number of aldehydes is 1. The van der Waals surface area contributed by atoms with Gasteiger partial charge >= 0.3 is 0 Å². The lowest BCUT2D eigenvalue weighted by atomic mass is 10.1. The fourth-order valence-electron chi connectivity index (χ4n) is 2.08. The molecule has 0 saturated heterocycles. The summed E-state index contributed by atoms with van der Waals surface area (Å²) in [6.45, 7) is 4.48. The molecule has 3 heteroatoms. The van der Waals surface area contributed by atoms with Gasteiger partial charge in [0.1, 0.15) is 6.29 Å². The predicted octanol–water partition coefficient (Wildman–Crippen LogP) is 3.28. The minimum absolute atomic E-state index is 0.261. The molecule has 0 radical (unpaired) electrons. The first-order chi connectivity index (χ1) is 9.81. The standard InChI is InChI=1S/C17H25NO2/c1-2-3-12-18(13-4-5-14-19)17-10-8-16(9-11-17)7-6-15-20/h6-11,15,19H,2-5,12-14H2,1H3. The van der Waals surface area contributed by atoms with Gasteiger partial charge in [-0.25, -0.2) is 0 Å². The molecule has 0 atom stereocenters. The number of allylic oxidation sites excluding steroid dienone is 1. The quantitative estimate of drug-likeness (QED) is 0.405. The van der Waals surface area contributed by atoms with Gasteiger partial charge < -0.3 is 10.0 Å². The lowest BCUT2D eigenvalue weighted by Gasteiger charge is -2.25. The van der Waals surface area contributed by atoms with Crippen LogP contribution in [0.4, 0.5) is 5.69 Å². The number of nitrogens with zero attached hydrogens (tertiary/aromatic N) is 1. The highest BCUT2D eigenvalue weighted by atomic mass is 16.2. The molecule has 0 heterocycles. The molecule has 0 aliphatic carbocycles. The van der Waals surface area contributed by atoms with Crippen molar-refractivity contribution in [1.82, 2.24) is 0 Å². The zero-order valence-electron chi connectivity index (χ0n) is 12.3. The monoisotopic (exact) mass is 275 g/mol. The molecular weight excluding hydrogens is 250 g/mol. The highest BCUT2D eigenvalue weighted by Crippen LogP contribution is 2.17. The van der Waals surface area contributed by atoms with E-state index in [9.17, 15) is 4.79 Å². The van der Waals surface area contributed by atoms with Crippen molar-refractivity contribution in [1.29, 1.82) is 0 Å². The van der Waals surface area contributed by atoms with E-state index < -0.39 is 0 Å². The van der Waals surface area contributed by atoms with E-state index in [1.54, 1.807) is 6.08 Å². The van der Waals surface area contributed by atoms with E-state index in [-0.39, 0.29) is 6.61 Å². The third-order valence-corrected chi connectivity index (χ3v) is 3.24. The van der Waals surface area contributed by atoms with Gasteiger partial charge in [0.25, 0.3) is 0 Å². The minimum atomic E-state index is 0.261. The molecule has 0 bridgehead atoms. The van der Waals surface area contributed by atoms with Crippen molar-refractivity contribution in [3.8, 4) is 0 Å². The number of hydrogen-bond donors (Lipinski definition) is 1. The smallest absolute Gasteiger partial charge is 0.142 e. The van der Waals surface area contributed by atoms with E-state index in [1.807, 2.05) is 12.1 Å². The van der Waals surface area contributed by atoms with Crippen molar-refractivity contribution in [3.63, 3.8) is 0 Å². The van der Waals surface area contributed by atoms with Gasteiger partial charge in [-0.1, -0.05) is 31.6 Å².